The van der Waals surface area contributed by atoms with E-state index in [1.165, 1.54) is 56.1 Å². The van der Waals surface area contributed by atoms with E-state index >= 15 is 0 Å². The monoisotopic (exact) mass is 792 g/mol. The molecule has 0 saturated heterocycles. The molecule has 2 unspecified atom stereocenters. The molecule has 2 rings (SSSR count). The van der Waals surface area contributed by atoms with Gasteiger partial charge in [0.1, 0.15) is 0 Å². The van der Waals surface area contributed by atoms with Crippen LogP contribution in [0.3, 0.4) is 0 Å². The minimum absolute atomic E-state index is 0. The standard InChI is InChI=1S/C31H44.6C2H6.Pt/c1-5-18-28(30-24-16-14-20-26(30)7-3)22-12-10-9-11-13-23-29(19-6-2)31-25-17-15-21-27(31)8-4;6*1-2;/h5-6,12-17,20-21,24-25,28-29H,7-11,18-19,22-23H2,1-4H3;6*1-2H3;/q-4;;;;;;;+4. The second-order valence-electron chi connectivity index (χ2n) is 8.77. The molecule has 0 aliphatic rings. The molecule has 2 atom stereocenters. The maximum absolute atomic E-state index is 2.54. The molecule has 0 fully saturated rings. The fourth-order valence-electron chi connectivity index (χ4n) is 4.82. The third-order valence-electron chi connectivity index (χ3n) is 6.51. The van der Waals surface area contributed by atoms with E-state index in [1.807, 2.05) is 83.1 Å². The Morgan fingerprint density at radius 3 is 1.05 bits per heavy atom. The van der Waals surface area contributed by atoms with Crippen LogP contribution in [0.4, 0.5) is 0 Å². The van der Waals surface area contributed by atoms with Gasteiger partial charge in [0, 0.05) is 0 Å². The molecule has 0 aromatic heterocycles. The van der Waals surface area contributed by atoms with E-state index in [-0.39, 0.29) is 21.1 Å². The minimum Gasteiger partial charge on any atom is -0.331 e. The molecule has 0 aliphatic heterocycles. The molecule has 2 aromatic carbocycles. The molecule has 0 heterocycles. The zero-order chi connectivity index (χ0) is 34.3. The first-order chi connectivity index (χ1) is 21.2. The molecule has 0 N–H and O–H groups in total. The Morgan fingerprint density at radius 2 is 0.773 bits per heavy atom. The molecule has 44 heavy (non-hydrogen) atoms. The number of rotatable bonds is 16. The van der Waals surface area contributed by atoms with Gasteiger partial charge in [-0.05, 0) is 35.1 Å². The predicted octanol–water partition coefficient (Wildman–Crippen LogP) is 15.4. The van der Waals surface area contributed by atoms with Gasteiger partial charge in [0.05, 0.1) is 0 Å². The quantitative estimate of drug-likeness (QED) is 0.117. The van der Waals surface area contributed by atoms with Crippen molar-refractivity contribution in [3.05, 3.63) is 96.5 Å². The molecule has 0 radical (unpaired) electrons. The van der Waals surface area contributed by atoms with Crippen LogP contribution in [0.25, 0.3) is 0 Å². The summed E-state index contributed by atoms with van der Waals surface area (Å²) in [5.41, 5.74) is 6.14. The smallest absolute Gasteiger partial charge is 0.331 e. The van der Waals surface area contributed by atoms with Crippen molar-refractivity contribution in [2.45, 2.75) is 180 Å². The summed E-state index contributed by atoms with van der Waals surface area (Å²) in [6, 6.07) is 18.0. The number of aryl methyl sites for hydroxylation is 2. The first kappa shape index (κ1) is 55.5. The fraction of sp³-hybridized carbons (Fsp3) is 0.628. The first-order valence-corrected chi connectivity index (χ1v) is 18.6. The van der Waals surface area contributed by atoms with Crippen LogP contribution >= 0.6 is 0 Å². The maximum atomic E-state index is 2.54. The second kappa shape index (κ2) is 49.0. The summed E-state index contributed by atoms with van der Waals surface area (Å²) in [5.74, 6) is 1.28. The van der Waals surface area contributed by atoms with Crippen LogP contribution in [-0.4, -0.2) is 0 Å². The zero-order valence-electron chi connectivity index (χ0n) is 32.8. The van der Waals surface area contributed by atoms with Gasteiger partial charge in [0.15, 0.2) is 0 Å². The average molecular weight is 792 g/mol. The van der Waals surface area contributed by atoms with E-state index in [1.54, 1.807) is 11.1 Å². The largest absolute Gasteiger partial charge is 4.00 e. The molecular formula is C43H80Pt. The van der Waals surface area contributed by atoms with E-state index < -0.39 is 0 Å². The van der Waals surface area contributed by atoms with Crippen molar-refractivity contribution in [3.63, 3.8) is 0 Å². The van der Waals surface area contributed by atoms with Gasteiger partial charge in [0.2, 0.25) is 0 Å². The van der Waals surface area contributed by atoms with Crippen molar-refractivity contribution >= 4 is 0 Å². The van der Waals surface area contributed by atoms with E-state index in [4.69, 9.17) is 0 Å². The third-order valence-corrected chi connectivity index (χ3v) is 6.51. The Balaban J connectivity index is -0.000000247. The van der Waals surface area contributed by atoms with Crippen LogP contribution in [0.1, 0.15) is 190 Å². The number of hydrogen-bond acceptors (Lipinski definition) is 0. The molecule has 1 heteroatoms. The molecule has 0 spiro atoms. The summed E-state index contributed by atoms with van der Waals surface area (Å²) < 4.78 is 0. The van der Waals surface area contributed by atoms with Gasteiger partial charge in [-0.3, -0.25) is 0 Å². The summed E-state index contributed by atoms with van der Waals surface area (Å²) in [4.78, 5) is 0. The Kier molecular flexibility index (Phi) is 61.9. The number of benzene rings is 2. The molecule has 0 saturated carbocycles. The van der Waals surface area contributed by atoms with E-state index in [0.29, 0.717) is 11.8 Å². The van der Waals surface area contributed by atoms with Crippen LogP contribution in [-0.2, 0) is 33.9 Å². The van der Waals surface area contributed by atoms with Crippen LogP contribution in [0.5, 0.6) is 0 Å². The Morgan fingerprint density at radius 1 is 0.477 bits per heavy atom. The van der Waals surface area contributed by atoms with Crippen LogP contribution < -0.4 is 0 Å². The van der Waals surface area contributed by atoms with Crippen molar-refractivity contribution in [3.8, 4) is 0 Å². The first-order valence-electron chi connectivity index (χ1n) is 18.6. The van der Waals surface area contributed by atoms with E-state index in [9.17, 15) is 0 Å². The summed E-state index contributed by atoms with van der Waals surface area (Å²) in [6.07, 6.45) is 20.4. The van der Waals surface area contributed by atoms with Crippen LogP contribution in [0, 0.1) is 25.7 Å². The van der Waals surface area contributed by atoms with Gasteiger partial charge in [-0.25, -0.2) is 0 Å². The van der Waals surface area contributed by atoms with Crippen molar-refractivity contribution in [2.24, 2.45) is 0 Å². The summed E-state index contributed by atoms with van der Waals surface area (Å²) >= 11 is 0. The maximum Gasteiger partial charge on any atom is 4.00 e. The van der Waals surface area contributed by atoms with Gasteiger partial charge in [0.25, 0.3) is 0 Å². The van der Waals surface area contributed by atoms with E-state index in [0.717, 1.165) is 12.8 Å². The Hall–Kier alpha value is -0.872. The van der Waals surface area contributed by atoms with Gasteiger partial charge < -0.3 is 25.7 Å². The van der Waals surface area contributed by atoms with Gasteiger partial charge in [-0.2, -0.15) is 52.4 Å². The van der Waals surface area contributed by atoms with Crippen molar-refractivity contribution in [2.75, 3.05) is 0 Å². The second-order valence-corrected chi connectivity index (χ2v) is 8.77. The number of unbranched alkanes of at least 4 members (excludes halogenated alkanes) is 4. The van der Waals surface area contributed by atoms with Gasteiger partial charge >= 0.3 is 21.1 Å². The van der Waals surface area contributed by atoms with E-state index in [2.05, 4.69) is 102 Å². The minimum atomic E-state index is 0. The predicted molar refractivity (Wildman–Crippen MR) is 206 cm³/mol. The van der Waals surface area contributed by atoms with Crippen LogP contribution in [0.2, 0.25) is 0 Å². The summed E-state index contributed by atoms with van der Waals surface area (Å²) in [7, 11) is 0. The molecular weight excluding hydrogens is 712 g/mol. The summed E-state index contributed by atoms with van der Waals surface area (Å²) in [6.45, 7) is 32.9. The van der Waals surface area contributed by atoms with Gasteiger partial charge in [-0.15, -0.1) is 6.42 Å². The topological polar surface area (TPSA) is 0 Å². The SMILES string of the molecule is CC.CC.CC.CC.CC.CC.C[CH-]CC(C[CH-]CCC[CH-]CC(C[CH-]C)c1ccccc1CC)c1ccccc1CC.[Pt+4]. The van der Waals surface area contributed by atoms with Gasteiger partial charge in [-0.1, -0.05) is 157 Å². The molecule has 0 bridgehead atoms. The molecule has 0 amide bonds. The molecule has 2 aromatic rings. The fourth-order valence-corrected chi connectivity index (χ4v) is 4.82. The Bertz CT molecular complexity index is 659. The van der Waals surface area contributed by atoms with Crippen molar-refractivity contribution in [1.29, 1.82) is 0 Å². The molecule has 0 aliphatic carbocycles. The molecule has 0 nitrogen and oxygen atoms in total. The normalized spacial score (nSPS) is 10.2. The van der Waals surface area contributed by atoms with Crippen molar-refractivity contribution in [1.82, 2.24) is 0 Å². The average Bonchev–Trinajstić information content (AvgIpc) is 3.12. The third kappa shape index (κ3) is 27.4. The zero-order valence-corrected chi connectivity index (χ0v) is 35.0. The van der Waals surface area contributed by atoms with Crippen molar-refractivity contribution < 1.29 is 21.1 Å². The summed E-state index contributed by atoms with van der Waals surface area (Å²) in [5, 5.41) is 0. The Labute approximate surface area is 296 Å². The van der Waals surface area contributed by atoms with Crippen LogP contribution in [0.15, 0.2) is 48.5 Å². The molecule has 262 valence electrons. The number of hydrogen-bond donors (Lipinski definition) is 0.